The van der Waals surface area contributed by atoms with E-state index < -0.39 is 5.97 Å². The fourth-order valence-electron chi connectivity index (χ4n) is 2.57. The molecule has 7 nitrogen and oxygen atoms in total. The van der Waals surface area contributed by atoms with Gasteiger partial charge in [-0.15, -0.1) is 0 Å². The average molecular weight is 262 g/mol. The Hall–Kier alpha value is -2.15. The number of aromatic carboxylic acids is 1. The van der Waals surface area contributed by atoms with E-state index in [1.165, 1.54) is 6.20 Å². The Kier molecular flexibility index (Phi) is 2.63. The van der Waals surface area contributed by atoms with Crippen LogP contribution in [-0.2, 0) is 4.74 Å². The van der Waals surface area contributed by atoms with Crippen LogP contribution in [0.2, 0.25) is 0 Å². The molecule has 0 saturated carbocycles. The third-order valence-corrected chi connectivity index (χ3v) is 3.44. The Morgan fingerprint density at radius 3 is 3.11 bits per heavy atom. The van der Waals surface area contributed by atoms with E-state index in [4.69, 9.17) is 15.6 Å². The number of fused-ring (bicyclic) bond motifs is 3. The Bertz CT molecular complexity index is 572. The highest BCUT2D eigenvalue weighted by Crippen LogP contribution is 2.37. The molecular formula is C12H14N4O3. The molecule has 3 N–H and O–H groups in total. The number of rotatable bonds is 1. The third kappa shape index (κ3) is 1.82. The molecule has 1 saturated heterocycles. The number of hydrogen-bond donors (Lipinski definition) is 2. The highest BCUT2D eigenvalue weighted by molar-refractivity contribution is 5.88. The minimum Gasteiger partial charge on any atom is -0.477 e. The number of carboxylic acid groups (broad SMARTS) is 1. The van der Waals surface area contributed by atoms with Crippen LogP contribution in [0.4, 0.5) is 5.69 Å². The van der Waals surface area contributed by atoms with Crippen LogP contribution in [0.15, 0.2) is 17.3 Å². The first-order valence-electron chi connectivity index (χ1n) is 6.01. The van der Waals surface area contributed by atoms with E-state index in [9.17, 15) is 4.79 Å². The van der Waals surface area contributed by atoms with Crippen LogP contribution in [0.25, 0.3) is 0 Å². The lowest BCUT2D eigenvalue weighted by molar-refractivity contribution is -0.00976. The van der Waals surface area contributed by atoms with Gasteiger partial charge in [0.15, 0.2) is 5.96 Å². The lowest BCUT2D eigenvalue weighted by Crippen LogP contribution is -2.53. The summed E-state index contributed by atoms with van der Waals surface area (Å²) in [5.41, 5.74) is 7.39. The zero-order valence-corrected chi connectivity index (χ0v) is 10.4. The topological polar surface area (TPSA) is 101 Å². The zero-order valence-electron chi connectivity index (χ0n) is 10.4. The van der Waals surface area contributed by atoms with Crippen LogP contribution >= 0.6 is 0 Å². The number of aliphatic imine (C=N–C) groups is 1. The van der Waals surface area contributed by atoms with Gasteiger partial charge in [-0.1, -0.05) is 0 Å². The highest BCUT2D eigenvalue weighted by Gasteiger charge is 2.36. The number of nitrogens with two attached hydrogens (primary N) is 1. The van der Waals surface area contributed by atoms with Gasteiger partial charge in [-0.2, -0.15) is 0 Å². The summed E-state index contributed by atoms with van der Waals surface area (Å²) in [6.07, 6.45) is 1.45. The number of aromatic nitrogens is 1. The summed E-state index contributed by atoms with van der Waals surface area (Å²) in [5, 5.41) is 9.02. The van der Waals surface area contributed by atoms with Gasteiger partial charge < -0.3 is 20.5 Å². The molecule has 1 fully saturated rings. The van der Waals surface area contributed by atoms with Crippen molar-refractivity contribution in [3.63, 3.8) is 0 Å². The van der Waals surface area contributed by atoms with Crippen molar-refractivity contribution < 1.29 is 14.6 Å². The van der Waals surface area contributed by atoms with Gasteiger partial charge in [0.05, 0.1) is 37.2 Å². The summed E-state index contributed by atoms with van der Waals surface area (Å²) < 4.78 is 5.54. The zero-order chi connectivity index (χ0) is 13.6. The number of pyridine rings is 1. The Morgan fingerprint density at radius 2 is 2.37 bits per heavy atom. The second-order valence-corrected chi connectivity index (χ2v) is 4.71. The molecule has 100 valence electrons. The van der Waals surface area contributed by atoms with Crippen molar-refractivity contribution in [2.75, 3.05) is 13.2 Å². The fraction of sp³-hybridized carbons (Fsp3) is 0.417. The van der Waals surface area contributed by atoms with Crippen molar-refractivity contribution in [1.82, 2.24) is 9.88 Å². The summed E-state index contributed by atoms with van der Waals surface area (Å²) in [7, 11) is 0. The Balaban J connectivity index is 2.11. The van der Waals surface area contributed by atoms with Crippen molar-refractivity contribution in [2.45, 2.75) is 19.0 Å². The summed E-state index contributed by atoms with van der Waals surface area (Å²) in [6, 6.07) is 1.56. The van der Waals surface area contributed by atoms with Gasteiger partial charge in [-0.25, -0.2) is 14.8 Å². The van der Waals surface area contributed by atoms with E-state index in [-0.39, 0.29) is 17.8 Å². The van der Waals surface area contributed by atoms with Crippen molar-refractivity contribution in [2.24, 2.45) is 10.7 Å². The maximum Gasteiger partial charge on any atom is 0.354 e. The molecule has 1 aromatic heterocycles. The van der Waals surface area contributed by atoms with Gasteiger partial charge in [0, 0.05) is 5.56 Å². The lowest BCUT2D eigenvalue weighted by Gasteiger charge is -2.43. The molecule has 0 radical (unpaired) electrons. The van der Waals surface area contributed by atoms with E-state index in [2.05, 4.69) is 9.98 Å². The number of morpholine rings is 1. The van der Waals surface area contributed by atoms with E-state index in [1.54, 1.807) is 6.07 Å². The van der Waals surface area contributed by atoms with E-state index >= 15 is 0 Å². The molecule has 7 heteroatoms. The molecule has 0 unspecified atom stereocenters. The van der Waals surface area contributed by atoms with Crippen LogP contribution in [0, 0.1) is 0 Å². The van der Waals surface area contributed by atoms with Crippen LogP contribution in [0.5, 0.6) is 0 Å². The normalized spacial score (nSPS) is 25.3. The van der Waals surface area contributed by atoms with Crippen LogP contribution < -0.4 is 5.73 Å². The predicted octanol–water partition coefficient (Wildman–Crippen LogP) is 0.501. The Labute approximate surface area is 109 Å². The van der Waals surface area contributed by atoms with Crippen molar-refractivity contribution in [3.05, 3.63) is 23.5 Å². The van der Waals surface area contributed by atoms with Gasteiger partial charge in [0.2, 0.25) is 0 Å². The predicted molar refractivity (Wildman–Crippen MR) is 67.3 cm³/mol. The van der Waals surface area contributed by atoms with E-state index in [1.807, 2.05) is 11.8 Å². The van der Waals surface area contributed by atoms with Crippen LogP contribution in [0.3, 0.4) is 0 Å². The molecular weight excluding hydrogens is 248 g/mol. The van der Waals surface area contributed by atoms with E-state index in [0.29, 0.717) is 24.9 Å². The molecule has 1 aromatic rings. The van der Waals surface area contributed by atoms with E-state index in [0.717, 1.165) is 5.56 Å². The first kappa shape index (κ1) is 11.9. The van der Waals surface area contributed by atoms with Gasteiger partial charge in [0.25, 0.3) is 0 Å². The summed E-state index contributed by atoms with van der Waals surface area (Å²) in [6.45, 7) is 3.05. The standard InChI is InChI=1S/C12H14N4O3/c1-6-4-19-5-10-7-2-8(11(17)18)14-3-9(7)15-12(13)16(6)10/h2-3,6,10H,4-5H2,1H3,(H2,13,15)(H,17,18)/t6-,10+/m1/s1. The number of guanidine groups is 1. The quantitative estimate of drug-likeness (QED) is 0.764. The SMILES string of the molecule is C[C@@H]1COC[C@H]2c3cc(C(=O)O)ncc3N=C(N)N12. The molecule has 0 amide bonds. The lowest BCUT2D eigenvalue weighted by atomic mass is 10.00. The number of nitrogens with zero attached hydrogens (tertiary/aromatic N) is 3. The largest absolute Gasteiger partial charge is 0.477 e. The van der Waals surface area contributed by atoms with Crippen LogP contribution in [-0.4, -0.2) is 46.2 Å². The molecule has 0 spiro atoms. The van der Waals surface area contributed by atoms with Gasteiger partial charge in [-0.05, 0) is 13.0 Å². The number of ether oxygens (including phenoxy) is 1. The monoisotopic (exact) mass is 262 g/mol. The molecule has 0 aliphatic carbocycles. The molecule has 19 heavy (non-hydrogen) atoms. The third-order valence-electron chi connectivity index (χ3n) is 3.44. The van der Waals surface area contributed by atoms with Crippen molar-refractivity contribution in [1.29, 1.82) is 0 Å². The molecule has 2 aliphatic rings. The minimum absolute atomic E-state index is 0.00704. The molecule has 3 heterocycles. The van der Waals surface area contributed by atoms with Crippen molar-refractivity contribution >= 4 is 17.6 Å². The fourth-order valence-corrected chi connectivity index (χ4v) is 2.57. The first-order chi connectivity index (χ1) is 9.08. The van der Waals surface area contributed by atoms with Crippen molar-refractivity contribution in [3.8, 4) is 0 Å². The second-order valence-electron chi connectivity index (χ2n) is 4.71. The number of hydrogen-bond acceptors (Lipinski definition) is 6. The smallest absolute Gasteiger partial charge is 0.354 e. The summed E-state index contributed by atoms with van der Waals surface area (Å²) in [4.78, 5) is 21.1. The first-order valence-corrected chi connectivity index (χ1v) is 6.01. The van der Waals surface area contributed by atoms with Gasteiger partial charge in [0.1, 0.15) is 5.69 Å². The number of carbonyl (C=O) groups is 1. The summed E-state index contributed by atoms with van der Waals surface area (Å²) >= 11 is 0. The molecule has 0 aromatic carbocycles. The maximum atomic E-state index is 11.0. The van der Waals surface area contributed by atoms with Gasteiger partial charge in [-0.3, -0.25) is 0 Å². The van der Waals surface area contributed by atoms with Gasteiger partial charge >= 0.3 is 5.97 Å². The maximum absolute atomic E-state index is 11.0. The minimum atomic E-state index is -1.05. The second kappa shape index (κ2) is 4.20. The molecule has 2 aliphatic heterocycles. The molecule has 3 rings (SSSR count). The highest BCUT2D eigenvalue weighted by atomic mass is 16.5. The molecule has 0 bridgehead atoms. The average Bonchev–Trinajstić information content (AvgIpc) is 2.38. The summed E-state index contributed by atoms with van der Waals surface area (Å²) in [5.74, 6) is -0.625. The van der Waals surface area contributed by atoms with Crippen LogP contribution in [0.1, 0.15) is 29.0 Å². The number of carboxylic acids is 1. The Morgan fingerprint density at radius 1 is 1.58 bits per heavy atom. The molecule has 2 atom stereocenters.